The summed E-state index contributed by atoms with van der Waals surface area (Å²) in [7, 11) is -7.44. The summed E-state index contributed by atoms with van der Waals surface area (Å²) in [6.45, 7) is 2.61. The fourth-order valence-electron chi connectivity index (χ4n) is 2.70. The molecule has 0 aromatic heterocycles. The molecule has 3 atom stereocenters. The van der Waals surface area contributed by atoms with Crippen molar-refractivity contribution in [1.29, 1.82) is 0 Å². The molecule has 2 rings (SSSR count). The van der Waals surface area contributed by atoms with Gasteiger partial charge in [0.25, 0.3) is 20.2 Å². The van der Waals surface area contributed by atoms with Crippen molar-refractivity contribution in [3.8, 4) is 0 Å². The van der Waals surface area contributed by atoms with Crippen LogP contribution in [-0.4, -0.2) is 59.0 Å². The van der Waals surface area contributed by atoms with Gasteiger partial charge in [0.15, 0.2) is 0 Å². The zero-order chi connectivity index (χ0) is 17.3. The third kappa shape index (κ3) is 5.54. The molecule has 1 aliphatic heterocycles. The van der Waals surface area contributed by atoms with Gasteiger partial charge in [-0.3, -0.25) is 13.3 Å². The van der Waals surface area contributed by atoms with E-state index in [1.807, 2.05) is 35.2 Å². The van der Waals surface area contributed by atoms with Gasteiger partial charge in [0, 0.05) is 19.1 Å². The number of hydrogen-bond acceptors (Lipinski definition) is 7. The third-order valence-electron chi connectivity index (χ3n) is 3.65. The lowest BCUT2D eigenvalue weighted by atomic mass is 10.1. The van der Waals surface area contributed by atoms with Crippen LogP contribution in [0.1, 0.15) is 12.5 Å². The standard InChI is InChI=1S/C14H21NO6S2/c1-11-14(21-23(3,18)19)13(20-22(2,16)17)10-15(11)9-12-7-5-4-6-8-12/h4-8,11,13-14H,9-10H2,1-3H3. The summed E-state index contributed by atoms with van der Waals surface area (Å²) in [5.41, 5.74) is 1.04. The lowest BCUT2D eigenvalue weighted by molar-refractivity contribution is 0.0845. The molecule has 23 heavy (non-hydrogen) atoms. The van der Waals surface area contributed by atoms with Crippen LogP contribution in [0.25, 0.3) is 0 Å². The monoisotopic (exact) mass is 363 g/mol. The molecule has 1 heterocycles. The summed E-state index contributed by atoms with van der Waals surface area (Å²) < 4.78 is 55.9. The predicted octanol–water partition coefficient (Wildman–Crippen LogP) is 0.580. The zero-order valence-corrected chi connectivity index (χ0v) is 14.9. The number of benzene rings is 1. The van der Waals surface area contributed by atoms with Gasteiger partial charge in [0.05, 0.1) is 12.5 Å². The highest BCUT2D eigenvalue weighted by Gasteiger charge is 2.44. The van der Waals surface area contributed by atoms with E-state index >= 15 is 0 Å². The molecule has 7 nitrogen and oxygen atoms in total. The van der Waals surface area contributed by atoms with Gasteiger partial charge >= 0.3 is 0 Å². The first-order valence-electron chi connectivity index (χ1n) is 7.10. The maximum Gasteiger partial charge on any atom is 0.264 e. The van der Waals surface area contributed by atoms with Crippen molar-refractivity contribution in [2.45, 2.75) is 31.7 Å². The van der Waals surface area contributed by atoms with Crippen molar-refractivity contribution in [1.82, 2.24) is 4.90 Å². The van der Waals surface area contributed by atoms with Crippen molar-refractivity contribution >= 4 is 20.2 Å². The van der Waals surface area contributed by atoms with E-state index in [9.17, 15) is 16.8 Å². The first-order chi connectivity index (χ1) is 10.6. The second-order valence-electron chi connectivity index (χ2n) is 5.76. The highest BCUT2D eigenvalue weighted by Crippen LogP contribution is 2.27. The molecule has 3 unspecified atom stereocenters. The number of likely N-dealkylation sites (tertiary alicyclic amines) is 1. The van der Waals surface area contributed by atoms with Crippen LogP contribution in [0.15, 0.2) is 30.3 Å². The Balaban J connectivity index is 2.20. The molecule has 0 radical (unpaired) electrons. The smallest absolute Gasteiger partial charge is 0.264 e. The molecule has 1 aromatic rings. The van der Waals surface area contributed by atoms with Crippen molar-refractivity contribution in [3.63, 3.8) is 0 Å². The molecule has 1 saturated heterocycles. The van der Waals surface area contributed by atoms with Crippen LogP contribution in [0.2, 0.25) is 0 Å². The molecule has 0 spiro atoms. The number of nitrogens with zero attached hydrogens (tertiary/aromatic N) is 1. The van der Waals surface area contributed by atoms with Gasteiger partial charge in [0.1, 0.15) is 12.2 Å². The molecule has 0 bridgehead atoms. The lowest BCUT2D eigenvalue weighted by Crippen LogP contribution is -2.38. The predicted molar refractivity (Wildman–Crippen MR) is 85.7 cm³/mol. The number of hydrogen-bond donors (Lipinski definition) is 0. The highest BCUT2D eigenvalue weighted by atomic mass is 32.2. The van der Waals surface area contributed by atoms with E-state index in [2.05, 4.69) is 0 Å². The molecule has 0 aliphatic carbocycles. The highest BCUT2D eigenvalue weighted by molar-refractivity contribution is 7.86. The first kappa shape index (κ1) is 18.3. The topological polar surface area (TPSA) is 90.0 Å². The second kappa shape index (κ2) is 6.86. The average molecular weight is 363 g/mol. The summed E-state index contributed by atoms with van der Waals surface area (Å²) in [6.07, 6.45) is 0.147. The second-order valence-corrected chi connectivity index (χ2v) is 8.96. The Kier molecular flexibility index (Phi) is 5.47. The lowest BCUT2D eigenvalue weighted by Gasteiger charge is -2.23. The van der Waals surface area contributed by atoms with Gasteiger partial charge in [-0.25, -0.2) is 0 Å². The normalized spacial score (nSPS) is 26.5. The molecule has 1 aromatic carbocycles. The zero-order valence-electron chi connectivity index (χ0n) is 13.2. The Morgan fingerprint density at radius 1 is 1.04 bits per heavy atom. The van der Waals surface area contributed by atoms with Crippen molar-refractivity contribution in [2.75, 3.05) is 19.1 Å². The van der Waals surface area contributed by atoms with Crippen molar-refractivity contribution in [2.24, 2.45) is 0 Å². The van der Waals surface area contributed by atoms with Crippen LogP contribution < -0.4 is 0 Å². The molecular formula is C14H21NO6S2. The Bertz CT molecular complexity index is 732. The van der Waals surface area contributed by atoms with Crippen LogP contribution in [-0.2, 0) is 35.1 Å². The first-order valence-corrected chi connectivity index (χ1v) is 10.7. The Labute approximate surface area is 137 Å². The fraction of sp³-hybridized carbons (Fsp3) is 0.571. The van der Waals surface area contributed by atoms with Crippen molar-refractivity contribution < 1.29 is 25.2 Å². The third-order valence-corrected chi connectivity index (χ3v) is 4.81. The van der Waals surface area contributed by atoms with E-state index < -0.39 is 32.4 Å². The van der Waals surface area contributed by atoms with Gasteiger partial charge in [-0.1, -0.05) is 30.3 Å². The molecule has 1 fully saturated rings. The summed E-state index contributed by atoms with van der Waals surface area (Å²) in [6, 6.07) is 9.31. The molecule has 0 N–H and O–H groups in total. The van der Waals surface area contributed by atoms with Crippen molar-refractivity contribution in [3.05, 3.63) is 35.9 Å². The minimum atomic E-state index is -3.73. The van der Waals surface area contributed by atoms with Gasteiger partial charge in [-0.05, 0) is 12.5 Å². The molecule has 0 saturated carbocycles. The van der Waals surface area contributed by atoms with E-state index in [4.69, 9.17) is 8.37 Å². The summed E-state index contributed by atoms with van der Waals surface area (Å²) in [4.78, 5) is 1.95. The maximum absolute atomic E-state index is 11.5. The quantitative estimate of drug-likeness (QED) is 0.683. The van der Waals surface area contributed by atoms with E-state index in [1.165, 1.54) is 0 Å². The summed E-state index contributed by atoms with van der Waals surface area (Å²) in [5, 5.41) is 0. The molecular weight excluding hydrogens is 342 g/mol. The van der Waals surface area contributed by atoms with Crippen LogP contribution in [0.5, 0.6) is 0 Å². The van der Waals surface area contributed by atoms with Gasteiger partial charge in [-0.15, -0.1) is 0 Å². The molecule has 0 amide bonds. The molecule has 9 heteroatoms. The fourth-order valence-corrected chi connectivity index (χ4v) is 4.01. The number of rotatable bonds is 6. The van der Waals surface area contributed by atoms with Crippen LogP contribution in [0, 0.1) is 0 Å². The Morgan fingerprint density at radius 3 is 2.13 bits per heavy atom. The summed E-state index contributed by atoms with van der Waals surface area (Å²) in [5.74, 6) is 0. The molecule has 130 valence electrons. The van der Waals surface area contributed by atoms with Crippen LogP contribution in [0.4, 0.5) is 0 Å². The largest absolute Gasteiger partial charge is 0.291 e. The van der Waals surface area contributed by atoms with E-state index in [1.54, 1.807) is 6.92 Å². The van der Waals surface area contributed by atoms with Crippen LogP contribution >= 0.6 is 0 Å². The SMILES string of the molecule is CC1C(OS(C)(=O)=O)C(OS(C)(=O)=O)CN1Cc1ccccc1. The Hall–Kier alpha value is -1.00. The average Bonchev–Trinajstić information content (AvgIpc) is 2.65. The van der Waals surface area contributed by atoms with E-state index in [0.717, 1.165) is 18.1 Å². The van der Waals surface area contributed by atoms with E-state index in [0.29, 0.717) is 6.54 Å². The maximum atomic E-state index is 11.5. The molecule has 1 aliphatic rings. The van der Waals surface area contributed by atoms with Gasteiger partial charge in [0.2, 0.25) is 0 Å². The Morgan fingerprint density at radius 2 is 1.61 bits per heavy atom. The summed E-state index contributed by atoms with van der Waals surface area (Å²) >= 11 is 0. The van der Waals surface area contributed by atoms with E-state index in [-0.39, 0.29) is 12.6 Å². The van der Waals surface area contributed by atoms with Gasteiger partial charge in [-0.2, -0.15) is 16.8 Å². The van der Waals surface area contributed by atoms with Gasteiger partial charge < -0.3 is 0 Å². The van der Waals surface area contributed by atoms with Crippen LogP contribution in [0.3, 0.4) is 0 Å². The minimum Gasteiger partial charge on any atom is -0.291 e. The minimum absolute atomic E-state index is 0.267.